The van der Waals surface area contributed by atoms with Crippen molar-refractivity contribution >= 4 is 45.9 Å². The molecule has 6 nitrogen and oxygen atoms in total. The fraction of sp³-hybridized carbons (Fsp3) is 0.100. The molecule has 2 heterocycles. The minimum atomic E-state index is -0.153. The van der Waals surface area contributed by atoms with Gasteiger partial charge in [0.25, 0.3) is 5.91 Å². The highest BCUT2D eigenvalue weighted by atomic mass is 32.1. The number of nitrogens with zero attached hydrogens (tertiary/aromatic N) is 2. The lowest BCUT2D eigenvalue weighted by Gasteiger charge is -2.35. The Morgan fingerprint density at radius 1 is 1.00 bits per heavy atom. The van der Waals surface area contributed by atoms with Crippen LogP contribution in [0, 0.1) is 0 Å². The largest absolute Gasteiger partial charge is 0.321 e. The summed E-state index contributed by atoms with van der Waals surface area (Å²) in [6.45, 7) is 0.230. The van der Waals surface area contributed by atoms with E-state index in [1.165, 1.54) is 11.3 Å². The second-order valence-corrected chi connectivity index (χ2v) is 6.96. The highest BCUT2D eigenvalue weighted by molar-refractivity contribution is 7.08. The maximum atomic E-state index is 12.3. The highest BCUT2D eigenvalue weighted by Gasteiger charge is 2.26. The molecule has 0 saturated heterocycles. The zero-order valence-corrected chi connectivity index (χ0v) is 15.5. The van der Waals surface area contributed by atoms with Crippen LogP contribution in [-0.2, 0) is 4.79 Å². The van der Waals surface area contributed by atoms with Crippen molar-refractivity contribution in [2.45, 2.75) is 0 Å². The Morgan fingerprint density at radius 3 is 2.44 bits per heavy atom. The second kappa shape index (κ2) is 7.13. The first-order valence-corrected chi connectivity index (χ1v) is 9.39. The van der Waals surface area contributed by atoms with Gasteiger partial charge in [-0.1, -0.05) is 12.1 Å². The molecule has 0 bridgehead atoms. The van der Waals surface area contributed by atoms with E-state index in [4.69, 9.17) is 0 Å². The minimum Gasteiger partial charge on any atom is -0.321 e. The lowest BCUT2D eigenvalue weighted by atomic mass is 10.2. The Kier molecular flexibility index (Phi) is 4.52. The van der Waals surface area contributed by atoms with E-state index < -0.39 is 0 Å². The molecule has 1 aromatic heterocycles. The molecule has 2 aromatic carbocycles. The van der Waals surface area contributed by atoms with Gasteiger partial charge >= 0.3 is 0 Å². The molecular weight excluding hydrogens is 360 g/mol. The molecule has 0 aliphatic carbocycles. The smallest absolute Gasteiger partial charge is 0.255 e. The van der Waals surface area contributed by atoms with E-state index in [0.29, 0.717) is 5.56 Å². The molecule has 1 aliphatic heterocycles. The van der Waals surface area contributed by atoms with Crippen molar-refractivity contribution in [1.29, 1.82) is 0 Å². The normalized spacial score (nSPS) is 13.3. The topological polar surface area (TPSA) is 64.7 Å². The SMILES string of the molecule is CN1C(=O)CN(Nc2ccc(C(=O)Nc3ccsc3)cc2)c2ccccc21. The molecule has 3 aromatic rings. The molecule has 0 atom stereocenters. The van der Waals surface area contributed by atoms with Gasteiger partial charge in [-0.05, 0) is 47.8 Å². The van der Waals surface area contributed by atoms with Gasteiger partial charge in [0, 0.05) is 18.0 Å². The molecule has 0 spiro atoms. The monoisotopic (exact) mass is 378 g/mol. The first kappa shape index (κ1) is 17.1. The predicted molar refractivity (Wildman–Crippen MR) is 110 cm³/mol. The van der Waals surface area contributed by atoms with Gasteiger partial charge < -0.3 is 10.2 Å². The molecule has 0 unspecified atom stereocenters. The number of hydrazine groups is 1. The number of carbonyl (C=O) groups is 2. The van der Waals surface area contributed by atoms with Crippen molar-refractivity contribution < 1.29 is 9.59 Å². The van der Waals surface area contributed by atoms with Gasteiger partial charge in [0.15, 0.2) is 0 Å². The third-order valence-electron chi connectivity index (χ3n) is 4.39. The number of para-hydroxylation sites is 2. The molecule has 0 radical (unpaired) electrons. The number of nitrogens with one attached hydrogen (secondary N) is 2. The quantitative estimate of drug-likeness (QED) is 0.725. The van der Waals surface area contributed by atoms with Gasteiger partial charge in [-0.3, -0.25) is 20.0 Å². The molecule has 7 heteroatoms. The van der Waals surface area contributed by atoms with E-state index in [1.807, 2.05) is 58.2 Å². The standard InChI is InChI=1S/C20H18N4O2S/c1-23-17-4-2-3-5-18(17)24(12-19(23)25)22-15-8-6-14(7-9-15)20(26)21-16-10-11-27-13-16/h2-11,13,22H,12H2,1H3,(H,21,26). The summed E-state index contributed by atoms with van der Waals surface area (Å²) >= 11 is 1.53. The lowest BCUT2D eigenvalue weighted by molar-refractivity contribution is -0.117. The van der Waals surface area contributed by atoms with Crippen molar-refractivity contribution in [2.24, 2.45) is 0 Å². The Labute approximate surface area is 161 Å². The van der Waals surface area contributed by atoms with Crippen molar-refractivity contribution in [1.82, 2.24) is 0 Å². The number of amides is 2. The predicted octanol–water partition coefficient (Wildman–Crippen LogP) is 3.81. The lowest BCUT2D eigenvalue weighted by Crippen LogP contribution is -2.46. The van der Waals surface area contributed by atoms with Crippen LogP contribution in [0.4, 0.5) is 22.7 Å². The van der Waals surface area contributed by atoms with E-state index in [-0.39, 0.29) is 18.4 Å². The first-order chi connectivity index (χ1) is 13.1. The molecule has 4 rings (SSSR count). The van der Waals surface area contributed by atoms with Crippen LogP contribution in [0.1, 0.15) is 10.4 Å². The number of anilines is 4. The van der Waals surface area contributed by atoms with Crippen LogP contribution in [-0.4, -0.2) is 25.4 Å². The van der Waals surface area contributed by atoms with Crippen molar-refractivity contribution in [3.05, 3.63) is 70.9 Å². The van der Waals surface area contributed by atoms with Gasteiger partial charge in [-0.15, -0.1) is 0 Å². The molecule has 0 saturated carbocycles. The number of hydrogen-bond acceptors (Lipinski definition) is 5. The second-order valence-electron chi connectivity index (χ2n) is 6.18. The van der Waals surface area contributed by atoms with Gasteiger partial charge in [0.2, 0.25) is 5.91 Å². The van der Waals surface area contributed by atoms with E-state index in [1.54, 1.807) is 24.1 Å². The van der Waals surface area contributed by atoms with Crippen molar-refractivity contribution in [3.8, 4) is 0 Å². The maximum Gasteiger partial charge on any atom is 0.255 e. The van der Waals surface area contributed by atoms with Crippen molar-refractivity contribution in [3.63, 3.8) is 0 Å². The number of hydrogen-bond donors (Lipinski definition) is 2. The summed E-state index contributed by atoms with van der Waals surface area (Å²) in [6.07, 6.45) is 0. The van der Waals surface area contributed by atoms with Crippen LogP contribution in [0.3, 0.4) is 0 Å². The van der Waals surface area contributed by atoms with E-state index in [9.17, 15) is 9.59 Å². The number of thiophene rings is 1. The number of likely N-dealkylation sites (N-methyl/N-ethyl adjacent to an activating group) is 1. The molecular formula is C20H18N4O2S. The highest BCUT2D eigenvalue weighted by Crippen LogP contribution is 2.32. The number of carbonyl (C=O) groups excluding carboxylic acids is 2. The molecule has 136 valence electrons. The van der Waals surface area contributed by atoms with Gasteiger partial charge in [-0.25, -0.2) is 0 Å². The van der Waals surface area contributed by atoms with E-state index >= 15 is 0 Å². The molecule has 2 amide bonds. The zero-order valence-electron chi connectivity index (χ0n) is 14.7. The average Bonchev–Trinajstić information content (AvgIpc) is 3.19. The van der Waals surface area contributed by atoms with Gasteiger partial charge in [-0.2, -0.15) is 11.3 Å². The zero-order chi connectivity index (χ0) is 18.8. The Hall–Kier alpha value is -3.32. The van der Waals surface area contributed by atoms with Gasteiger partial charge in [0.05, 0.1) is 22.7 Å². The third-order valence-corrected chi connectivity index (χ3v) is 5.07. The fourth-order valence-electron chi connectivity index (χ4n) is 2.93. The molecule has 2 N–H and O–H groups in total. The summed E-state index contributed by atoms with van der Waals surface area (Å²) in [5, 5.41) is 8.47. The molecule has 27 heavy (non-hydrogen) atoms. The average molecular weight is 378 g/mol. The number of rotatable bonds is 4. The Balaban J connectivity index is 1.49. The maximum absolute atomic E-state index is 12.3. The van der Waals surface area contributed by atoms with Crippen LogP contribution in [0.15, 0.2) is 65.4 Å². The van der Waals surface area contributed by atoms with Crippen LogP contribution in [0.5, 0.6) is 0 Å². The number of benzene rings is 2. The summed E-state index contributed by atoms with van der Waals surface area (Å²) in [5.74, 6) is -0.145. The van der Waals surface area contributed by atoms with E-state index in [0.717, 1.165) is 22.7 Å². The summed E-state index contributed by atoms with van der Waals surface area (Å²) < 4.78 is 0. The first-order valence-electron chi connectivity index (χ1n) is 8.45. The van der Waals surface area contributed by atoms with Crippen LogP contribution in [0.2, 0.25) is 0 Å². The van der Waals surface area contributed by atoms with E-state index in [2.05, 4.69) is 10.7 Å². The summed E-state index contributed by atoms with van der Waals surface area (Å²) in [6, 6.07) is 16.8. The van der Waals surface area contributed by atoms with Gasteiger partial charge in [0.1, 0.15) is 6.54 Å². The third kappa shape index (κ3) is 3.50. The van der Waals surface area contributed by atoms with Crippen LogP contribution in [0.25, 0.3) is 0 Å². The fourth-order valence-corrected chi connectivity index (χ4v) is 3.52. The Morgan fingerprint density at radius 2 is 1.74 bits per heavy atom. The molecule has 1 aliphatic rings. The van der Waals surface area contributed by atoms with Crippen LogP contribution >= 0.6 is 11.3 Å². The minimum absolute atomic E-state index is 0.00737. The molecule has 0 fully saturated rings. The summed E-state index contributed by atoms with van der Waals surface area (Å²) in [5.41, 5.74) is 7.20. The Bertz CT molecular complexity index is 970. The summed E-state index contributed by atoms with van der Waals surface area (Å²) in [4.78, 5) is 26.2. The van der Waals surface area contributed by atoms with Crippen molar-refractivity contribution in [2.75, 3.05) is 34.2 Å². The number of fused-ring (bicyclic) bond motifs is 1. The summed E-state index contributed by atoms with van der Waals surface area (Å²) in [7, 11) is 1.78. The van der Waals surface area contributed by atoms with Crippen LogP contribution < -0.4 is 20.7 Å².